The smallest absolute Gasteiger partial charge is 0.264 e. The van der Waals surface area contributed by atoms with Crippen LogP contribution in [0.25, 0.3) is 11.4 Å². The van der Waals surface area contributed by atoms with Gasteiger partial charge in [0, 0.05) is 25.0 Å². The van der Waals surface area contributed by atoms with Crippen LogP contribution in [0.2, 0.25) is 0 Å². The van der Waals surface area contributed by atoms with Crippen molar-refractivity contribution < 1.29 is 9.69 Å². The third-order valence-electron chi connectivity index (χ3n) is 4.84. The summed E-state index contributed by atoms with van der Waals surface area (Å²) in [4.78, 5) is 20.7. The second-order valence-corrected chi connectivity index (χ2v) is 7.89. The molecule has 1 aliphatic heterocycles. The average molecular weight is 402 g/mol. The molecule has 0 unspecified atom stereocenters. The van der Waals surface area contributed by atoms with Crippen molar-refractivity contribution in [2.45, 2.75) is 6.67 Å². The van der Waals surface area contributed by atoms with E-state index < -0.39 is 0 Å². The Kier molecular flexibility index (Phi) is 5.15. The number of pyridine rings is 1. The minimum absolute atomic E-state index is 0.137. The highest BCUT2D eigenvalue weighted by molar-refractivity contribution is 7.71. The van der Waals surface area contributed by atoms with Gasteiger partial charge in [-0.1, -0.05) is 6.07 Å². The zero-order valence-corrected chi connectivity index (χ0v) is 16.7. The molecule has 1 fully saturated rings. The fourth-order valence-electron chi connectivity index (χ4n) is 3.30. The van der Waals surface area contributed by atoms with Crippen LogP contribution in [0.15, 0.2) is 42.0 Å². The van der Waals surface area contributed by atoms with Gasteiger partial charge in [-0.05, 0) is 35.8 Å². The van der Waals surface area contributed by atoms with E-state index in [2.05, 4.69) is 4.98 Å². The predicted molar refractivity (Wildman–Crippen MR) is 106 cm³/mol. The number of piperazine rings is 1. The van der Waals surface area contributed by atoms with Crippen molar-refractivity contribution in [1.29, 1.82) is 0 Å². The van der Waals surface area contributed by atoms with Gasteiger partial charge in [-0.3, -0.25) is 9.78 Å². The summed E-state index contributed by atoms with van der Waals surface area (Å²) in [5.41, 5.74) is 0.999. The summed E-state index contributed by atoms with van der Waals surface area (Å²) in [5, 5.41) is 6.66. The van der Waals surface area contributed by atoms with E-state index in [1.54, 1.807) is 12.4 Å². The molecule has 1 saturated heterocycles. The first kappa shape index (κ1) is 18.0. The highest BCUT2D eigenvalue weighted by Gasteiger charge is 2.25. The Morgan fingerprint density at radius 2 is 2.00 bits per heavy atom. The van der Waals surface area contributed by atoms with Crippen molar-refractivity contribution in [2.75, 3.05) is 26.2 Å². The van der Waals surface area contributed by atoms with Gasteiger partial charge in [0.2, 0.25) is 4.77 Å². The van der Waals surface area contributed by atoms with Gasteiger partial charge in [0.1, 0.15) is 0 Å². The fourth-order valence-corrected chi connectivity index (χ4v) is 4.18. The van der Waals surface area contributed by atoms with E-state index in [9.17, 15) is 4.79 Å². The summed E-state index contributed by atoms with van der Waals surface area (Å²) in [7, 11) is 1.94. The number of hydrogen-bond donors (Lipinski definition) is 1. The van der Waals surface area contributed by atoms with Gasteiger partial charge in [0.05, 0.1) is 31.1 Å². The van der Waals surface area contributed by atoms with Crippen LogP contribution in [0.1, 0.15) is 9.67 Å². The maximum absolute atomic E-state index is 12.5. The Morgan fingerprint density at radius 1 is 1.26 bits per heavy atom. The molecule has 0 bridgehead atoms. The van der Waals surface area contributed by atoms with E-state index in [0.717, 1.165) is 42.4 Å². The van der Waals surface area contributed by atoms with Crippen molar-refractivity contribution in [3.63, 3.8) is 0 Å². The SMILES string of the molecule is Cn1c(-c2ccncc2)nn(C[NH+]2CCN(C(=O)c3cccs3)CC2)c1=S. The van der Waals surface area contributed by atoms with Crippen LogP contribution < -0.4 is 4.90 Å². The molecule has 0 aliphatic carbocycles. The predicted octanol–water partition coefficient (Wildman–Crippen LogP) is 1.07. The minimum Gasteiger partial charge on any atom is -0.327 e. The summed E-state index contributed by atoms with van der Waals surface area (Å²) in [5.74, 6) is 0.978. The van der Waals surface area contributed by atoms with E-state index in [1.807, 2.05) is 50.8 Å². The lowest BCUT2D eigenvalue weighted by atomic mass is 10.2. The van der Waals surface area contributed by atoms with Gasteiger partial charge in [0.25, 0.3) is 5.91 Å². The molecule has 0 atom stereocenters. The van der Waals surface area contributed by atoms with Crippen LogP contribution in [0.4, 0.5) is 0 Å². The van der Waals surface area contributed by atoms with Crippen LogP contribution in [0.5, 0.6) is 0 Å². The molecular weight excluding hydrogens is 380 g/mol. The Balaban J connectivity index is 1.42. The van der Waals surface area contributed by atoms with Crippen molar-refractivity contribution in [1.82, 2.24) is 24.2 Å². The number of quaternary nitrogens is 1. The van der Waals surface area contributed by atoms with Gasteiger partial charge < -0.3 is 14.4 Å². The first-order valence-corrected chi connectivity index (χ1v) is 10.1. The fraction of sp³-hybridized carbons (Fsp3) is 0.333. The second kappa shape index (κ2) is 7.71. The number of nitrogens with zero attached hydrogens (tertiary/aromatic N) is 5. The van der Waals surface area contributed by atoms with E-state index in [4.69, 9.17) is 17.3 Å². The topological polar surface area (TPSA) is 60.4 Å². The molecule has 0 saturated carbocycles. The normalized spacial score (nSPS) is 15.2. The van der Waals surface area contributed by atoms with Crippen LogP contribution in [0.3, 0.4) is 0 Å². The first-order chi connectivity index (χ1) is 13.1. The molecule has 1 amide bonds. The van der Waals surface area contributed by atoms with E-state index in [0.29, 0.717) is 11.4 Å². The number of amides is 1. The zero-order chi connectivity index (χ0) is 18.8. The molecule has 9 heteroatoms. The first-order valence-electron chi connectivity index (χ1n) is 8.84. The van der Waals surface area contributed by atoms with Crippen LogP contribution >= 0.6 is 23.6 Å². The summed E-state index contributed by atoms with van der Waals surface area (Å²) >= 11 is 7.07. The number of carbonyl (C=O) groups is 1. The third kappa shape index (κ3) is 3.71. The summed E-state index contributed by atoms with van der Waals surface area (Å²) in [6.45, 7) is 3.99. The maximum Gasteiger partial charge on any atom is 0.264 e. The van der Waals surface area contributed by atoms with Gasteiger partial charge in [-0.25, -0.2) is 0 Å². The molecule has 7 nitrogen and oxygen atoms in total. The van der Waals surface area contributed by atoms with Crippen LogP contribution in [-0.4, -0.2) is 56.3 Å². The van der Waals surface area contributed by atoms with Crippen molar-refractivity contribution >= 4 is 29.5 Å². The van der Waals surface area contributed by atoms with Gasteiger partial charge in [-0.15, -0.1) is 16.4 Å². The lowest BCUT2D eigenvalue weighted by Gasteiger charge is -2.31. The van der Waals surface area contributed by atoms with Gasteiger partial charge >= 0.3 is 0 Å². The summed E-state index contributed by atoms with van der Waals surface area (Å²) < 4.78 is 4.52. The number of aromatic nitrogens is 4. The van der Waals surface area contributed by atoms with E-state index in [-0.39, 0.29) is 5.91 Å². The number of hydrogen-bond acceptors (Lipinski definition) is 5. The Morgan fingerprint density at radius 3 is 2.67 bits per heavy atom. The van der Waals surface area contributed by atoms with Crippen molar-refractivity contribution in [3.8, 4) is 11.4 Å². The molecule has 1 N–H and O–H groups in total. The lowest BCUT2D eigenvalue weighted by molar-refractivity contribution is -0.927. The highest BCUT2D eigenvalue weighted by atomic mass is 32.1. The molecule has 1 aliphatic rings. The number of carbonyl (C=O) groups excluding carboxylic acids is 1. The number of thiophene rings is 1. The molecule has 140 valence electrons. The molecule has 3 aromatic rings. The minimum atomic E-state index is 0.137. The van der Waals surface area contributed by atoms with Gasteiger partial charge in [-0.2, -0.15) is 4.68 Å². The Bertz CT molecular complexity index is 971. The molecule has 0 aromatic carbocycles. The van der Waals surface area contributed by atoms with Gasteiger partial charge in [0.15, 0.2) is 12.5 Å². The molecule has 4 heterocycles. The van der Waals surface area contributed by atoms with Crippen molar-refractivity contribution in [2.24, 2.45) is 7.05 Å². The van der Waals surface area contributed by atoms with Crippen LogP contribution in [0, 0.1) is 4.77 Å². The summed E-state index contributed by atoms with van der Waals surface area (Å²) in [6, 6.07) is 7.68. The summed E-state index contributed by atoms with van der Waals surface area (Å²) in [6.07, 6.45) is 3.51. The Hall–Kier alpha value is -2.36. The van der Waals surface area contributed by atoms with Crippen LogP contribution in [-0.2, 0) is 13.7 Å². The number of rotatable bonds is 4. The average Bonchev–Trinajstić information content (AvgIpc) is 3.33. The molecule has 3 aromatic heterocycles. The molecular formula is C18H21N6OS2+. The zero-order valence-electron chi connectivity index (χ0n) is 15.0. The molecule has 0 radical (unpaired) electrons. The van der Waals surface area contributed by atoms with E-state index in [1.165, 1.54) is 16.2 Å². The molecule has 27 heavy (non-hydrogen) atoms. The second-order valence-electron chi connectivity index (χ2n) is 6.58. The quantitative estimate of drug-likeness (QED) is 0.665. The third-order valence-corrected chi connectivity index (χ3v) is 6.18. The van der Waals surface area contributed by atoms with Crippen molar-refractivity contribution in [3.05, 3.63) is 51.7 Å². The highest BCUT2D eigenvalue weighted by Crippen LogP contribution is 2.15. The molecule has 4 rings (SSSR count). The standard InChI is InChI=1S/C18H20N6OS2/c1-21-16(14-4-6-19-7-5-14)20-24(18(21)26)13-22-8-10-23(11-9-22)17(25)15-3-2-12-27-15/h2-7,12H,8-11,13H2,1H3/p+1. The monoisotopic (exact) mass is 401 g/mol. The van der Waals surface area contributed by atoms with E-state index >= 15 is 0 Å². The largest absolute Gasteiger partial charge is 0.327 e. The molecule has 0 spiro atoms. The maximum atomic E-state index is 12.5. The lowest BCUT2D eigenvalue weighted by Crippen LogP contribution is -3.14. The number of nitrogens with one attached hydrogen (secondary N) is 1. The Labute approximate surface area is 166 Å².